The van der Waals surface area contributed by atoms with Crippen molar-refractivity contribution >= 4 is 0 Å². The van der Waals surface area contributed by atoms with Gasteiger partial charge < -0.3 is 5.32 Å². The largest absolute Gasteiger partial charge is 0.309 e. The zero-order valence-corrected chi connectivity index (χ0v) is 8.97. The van der Waals surface area contributed by atoms with Gasteiger partial charge in [-0.15, -0.1) is 0 Å². The van der Waals surface area contributed by atoms with Gasteiger partial charge in [0, 0.05) is 31.2 Å². The molecule has 1 aliphatic carbocycles. The average Bonchev–Trinajstić information content (AvgIpc) is 2.53. The molecule has 1 saturated carbocycles. The molecule has 0 atom stereocenters. The van der Waals surface area contributed by atoms with E-state index >= 15 is 0 Å². The van der Waals surface area contributed by atoms with Gasteiger partial charge in [-0.05, 0) is 26.7 Å². The molecule has 2 nitrogen and oxygen atoms in total. The van der Waals surface area contributed by atoms with E-state index in [-0.39, 0.29) is 0 Å². The van der Waals surface area contributed by atoms with Gasteiger partial charge in [-0.25, -0.2) is 0 Å². The van der Waals surface area contributed by atoms with Crippen LogP contribution in [0.4, 0.5) is 0 Å². The van der Waals surface area contributed by atoms with E-state index in [1.54, 1.807) is 0 Å². The molecule has 2 aliphatic rings. The molecule has 13 heavy (non-hydrogen) atoms. The SMILES string of the molecule is CC(C)N1CCNC2(CCCC2)C1. The molecule has 0 bridgehead atoms. The molecule has 0 amide bonds. The van der Waals surface area contributed by atoms with Crippen molar-refractivity contribution in [2.24, 2.45) is 0 Å². The van der Waals surface area contributed by atoms with Crippen LogP contribution in [0.15, 0.2) is 0 Å². The molecule has 76 valence electrons. The van der Waals surface area contributed by atoms with E-state index in [4.69, 9.17) is 0 Å². The maximum Gasteiger partial charge on any atom is 0.0309 e. The highest BCUT2D eigenvalue weighted by Gasteiger charge is 2.37. The maximum absolute atomic E-state index is 3.74. The monoisotopic (exact) mass is 182 g/mol. The van der Waals surface area contributed by atoms with Gasteiger partial charge in [-0.2, -0.15) is 0 Å². The van der Waals surface area contributed by atoms with E-state index in [1.807, 2.05) is 0 Å². The average molecular weight is 182 g/mol. The highest BCUT2D eigenvalue weighted by Crippen LogP contribution is 2.32. The second-order valence-corrected chi connectivity index (χ2v) is 4.98. The summed E-state index contributed by atoms with van der Waals surface area (Å²) in [4.78, 5) is 2.63. The van der Waals surface area contributed by atoms with E-state index in [9.17, 15) is 0 Å². The minimum absolute atomic E-state index is 0.502. The van der Waals surface area contributed by atoms with Crippen molar-refractivity contribution in [1.82, 2.24) is 10.2 Å². The van der Waals surface area contributed by atoms with Crippen LogP contribution in [0.2, 0.25) is 0 Å². The summed E-state index contributed by atoms with van der Waals surface area (Å²) in [6, 6.07) is 0.722. The Morgan fingerprint density at radius 2 is 1.92 bits per heavy atom. The Morgan fingerprint density at radius 1 is 1.23 bits per heavy atom. The summed E-state index contributed by atoms with van der Waals surface area (Å²) in [5.41, 5.74) is 0.502. The fraction of sp³-hybridized carbons (Fsp3) is 1.00. The third-order valence-electron chi connectivity index (χ3n) is 3.70. The molecule has 0 unspecified atom stereocenters. The summed E-state index contributed by atoms with van der Waals surface area (Å²) in [5, 5.41) is 3.74. The molecule has 2 fully saturated rings. The van der Waals surface area contributed by atoms with Crippen LogP contribution in [0.1, 0.15) is 39.5 Å². The minimum atomic E-state index is 0.502. The van der Waals surface area contributed by atoms with Crippen molar-refractivity contribution in [3.63, 3.8) is 0 Å². The maximum atomic E-state index is 3.74. The minimum Gasteiger partial charge on any atom is -0.309 e. The summed E-state index contributed by atoms with van der Waals surface area (Å²) in [5.74, 6) is 0. The van der Waals surface area contributed by atoms with E-state index in [1.165, 1.54) is 45.3 Å². The lowest BCUT2D eigenvalue weighted by Crippen LogP contribution is -2.60. The topological polar surface area (TPSA) is 15.3 Å². The summed E-state index contributed by atoms with van der Waals surface area (Å²) >= 11 is 0. The van der Waals surface area contributed by atoms with Gasteiger partial charge in [0.25, 0.3) is 0 Å². The molecular weight excluding hydrogens is 160 g/mol. The van der Waals surface area contributed by atoms with E-state index in [2.05, 4.69) is 24.1 Å². The smallest absolute Gasteiger partial charge is 0.0309 e. The van der Waals surface area contributed by atoms with Gasteiger partial charge in [0.15, 0.2) is 0 Å². The van der Waals surface area contributed by atoms with Crippen LogP contribution in [-0.2, 0) is 0 Å². The summed E-state index contributed by atoms with van der Waals surface area (Å²) < 4.78 is 0. The molecule has 0 radical (unpaired) electrons. The van der Waals surface area contributed by atoms with Gasteiger partial charge in [-0.1, -0.05) is 12.8 Å². The predicted molar refractivity (Wildman–Crippen MR) is 55.9 cm³/mol. The fourth-order valence-corrected chi connectivity index (χ4v) is 2.82. The predicted octanol–water partition coefficient (Wildman–Crippen LogP) is 1.61. The molecule has 0 aromatic carbocycles. The van der Waals surface area contributed by atoms with Gasteiger partial charge in [0.05, 0.1) is 0 Å². The molecule has 0 aromatic rings. The van der Waals surface area contributed by atoms with Crippen LogP contribution in [-0.4, -0.2) is 36.1 Å². The lowest BCUT2D eigenvalue weighted by atomic mass is 9.94. The Morgan fingerprint density at radius 3 is 2.54 bits per heavy atom. The van der Waals surface area contributed by atoms with Crippen LogP contribution in [0.25, 0.3) is 0 Å². The lowest BCUT2D eigenvalue weighted by Gasteiger charge is -2.43. The van der Waals surface area contributed by atoms with Gasteiger partial charge in [0.1, 0.15) is 0 Å². The fourth-order valence-electron chi connectivity index (χ4n) is 2.82. The molecular formula is C11H22N2. The summed E-state index contributed by atoms with van der Waals surface area (Å²) in [6.45, 7) is 8.34. The molecule has 1 saturated heterocycles. The van der Waals surface area contributed by atoms with Crippen molar-refractivity contribution in [3.8, 4) is 0 Å². The first-order valence-corrected chi connectivity index (χ1v) is 5.71. The normalized spacial score (nSPS) is 28.8. The van der Waals surface area contributed by atoms with Crippen LogP contribution in [0.5, 0.6) is 0 Å². The van der Waals surface area contributed by atoms with Gasteiger partial charge in [0.2, 0.25) is 0 Å². The van der Waals surface area contributed by atoms with Crippen molar-refractivity contribution < 1.29 is 0 Å². The van der Waals surface area contributed by atoms with Crippen LogP contribution < -0.4 is 5.32 Å². The number of hydrogen-bond donors (Lipinski definition) is 1. The zero-order chi connectivity index (χ0) is 9.31. The molecule has 0 aromatic heterocycles. The molecule has 1 aliphatic heterocycles. The highest BCUT2D eigenvalue weighted by molar-refractivity contribution is 4.98. The Balaban J connectivity index is 1.98. The van der Waals surface area contributed by atoms with Crippen molar-refractivity contribution in [1.29, 1.82) is 0 Å². The second-order valence-electron chi connectivity index (χ2n) is 4.98. The molecule has 2 rings (SSSR count). The zero-order valence-electron chi connectivity index (χ0n) is 8.97. The van der Waals surface area contributed by atoms with Crippen molar-refractivity contribution in [3.05, 3.63) is 0 Å². The third-order valence-corrected chi connectivity index (χ3v) is 3.70. The summed E-state index contributed by atoms with van der Waals surface area (Å²) in [6.07, 6.45) is 5.66. The van der Waals surface area contributed by atoms with Crippen LogP contribution >= 0.6 is 0 Å². The number of nitrogens with zero attached hydrogens (tertiary/aromatic N) is 1. The Bertz CT molecular complexity index is 171. The lowest BCUT2D eigenvalue weighted by molar-refractivity contribution is 0.107. The van der Waals surface area contributed by atoms with Gasteiger partial charge in [-0.3, -0.25) is 4.90 Å². The third kappa shape index (κ3) is 1.89. The Hall–Kier alpha value is -0.0800. The van der Waals surface area contributed by atoms with E-state index < -0.39 is 0 Å². The Labute approximate surface area is 81.7 Å². The molecule has 1 heterocycles. The number of piperazine rings is 1. The standard InChI is InChI=1S/C11H22N2/c1-10(2)13-8-7-12-11(9-13)5-3-4-6-11/h10,12H,3-9H2,1-2H3. The first-order valence-electron chi connectivity index (χ1n) is 5.71. The van der Waals surface area contributed by atoms with Crippen molar-refractivity contribution in [2.75, 3.05) is 19.6 Å². The van der Waals surface area contributed by atoms with Crippen molar-refractivity contribution in [2.45, 2.75) is 51.1 Å². The molecule has 1 N–H and O–H groups in total. The number of rotatable bonds is 1. The Kier molecular flexibility index (Phi) is 2.61. The number of nitrogens with one attached hydrogen (secondary N) is 1. The van der Waals surface area contributed by atoms with Crippen LogP contribution in [0.3, 0.4) is 0 Å². The molecule has 1 spiro atoms. The summed E-state index contributed by atoms with van der Waals surface area (Å²) in [7, 11) is 0. The first-order chi connectivity index (χ1) is 6.22. The van der Waals surface area contributed by atoms with E-state index in [0.29, 0.717) is 5.54 Å². The van der Waals surface area contributed by atoms with E-state index in [0.717, 1.165) is 6.04 Å². The number of hydrogen-bond acceptors (Lipinski definition) is 2. The molecule has 2 heteroatoms. The first kappa shape index (κ1) is 9.47. The second kappa shape index (κ2) is 3.58. The van der Waals surface area contributed by atoms with Crippen LogP contribution in [0, 0.1) is 0 Å². The quantitative estimate of drug-likeness (QED) is 0.663. The highest BCUT2D eigenvalue weighted by atomic mass is 15.2. The van der Waals surface area contributed by atoms with Gasteiger partial charge >= 0.3 is 0 Å².